The number of nitrogens with one attached hydrogen (secondary N) is 2. The lowest BCUT2D eigenvalue weighted by Crippen LogP contribution is -2.31. The summed E-state index contributed by atoms with van der Waals surface area (Å²) >= 11 is 1.89. The molecule has 0 aliphatic carbocycles. The highest BCUT2D eigenvalue weighted by atomic mass is 32.2. The molecule has 13 heavy (non-hydrogen) atoms. The molecule has 2 saturated heterocycles. The number of hydrogen-bond donors (Lipinski definition) is 2. The van der Waals surface area contributed by atoms with Crippen LogP contribution in [0.4, 0.5) is 4.79 Å². The van der Waals surface area contributed by atoms with Crippen LogP contribution in [-0.2, 0) is 0 Å². The van der Waals surface area contributed by atoms with Crippen LogP contribution in [0.1, 0.15) is 27.7 Å². The topological polar surface area (TPSA) is 41.1 Å². The van der Waals surface area contributed by atoms with Crippen molar-refractivity contribution >= 4 is 17.8 Å². The maximum Gasteiger partial charge on any atom is 0.315 e. The molecule has 4 heteroatoms. The molecule has 78 valence electrons. The summed E-state index contributed by atoms with van der Waals surface area (Å²) in [5.41, 5.74) is 0. The highest BCUT2D eigenvalue weighted by Gasteiger charge is 2.35. The summed E-state index contributed by atoms with van der Waals surface area (Å²) in [6, 6.07) is 0.815. The van der Waals surface area contributed by atoms with E-state index in [9.17, 15) is 4.79 Å². The Bertz CT molecular complexity index is 139. The van der Waals surface area contributed by atoms with E-state index in [0.717, 1.165) is 11.5 Å². The summed E-state index contributed by atoms with van der Waals surface area (Å²) in [5.74, 6) is 2.15. The monoisotopic (exact) mass is 204 g/mol. The number of rotatable bonds is 0. The van der Waals surface area contributed by atoms with Crippen LogP contribution < -0.4 is 10.6 Å². The van der Waals surface area contributed by atoms with E-state index in [1.165, 1.54) is 0 Å². The average molecular weight is 204 g/mol. The van der Waals surface area contributed by atoms with Gasteiger partial charge < -0.3 is 10.6 Å². The summed E-state index contributed by atoms with van der Waals surface area (Å²) in [5, 5.41) is 5.69. The van der Waals surface area contributed by atoms with Crippen molar-refractivity contribution in [2.75, 3.05) is 11.5 Å². The minimum absolute atomic E-state index is 0.00491. The Balaban J connectivity index is 0.000000322. The van der Waals surface area contributed by atoms with Crippen LogP contribution in [0, 0.1) is 0 Å². The third kappa shape index (κ3) is 3.46. The lowest BCUT2D eigenvalue weighted by molar-refractivity contribution is 0.247. The summed E-state index contributed by atoms with van der Waals surface area (Å²) in [6.45, 7) is 8.00. The molecule has 0 spiro atoms. The summed E-state index contributed by atoms with van der Waals surface area (Å²) in [6.07, 6.45) is 0. The molecule has 0 aromatic carbocycles. The third-order valence-electron chi connectivity index (χ3n) is 1.71. The Morgan fingerprint density at radius 1 is 1.08 bits per heavy atom. The zero-order valence-electron chi connectivity index (χ0n) is 8.89. The van der Waals surface area contributed by atoms with Crippen molar-refractivity contribution in [1.82, 2.24) is 10.6 Å². The highest BCUT2D eigenvalue weighted by Crippen LogP contribution is 2.20. The van der Waals surface area contributed by atoms with Crippen LogP contribution in [-0.4, -0.2) is 29.6 Å². The van der Waals surface area contributed by atoms with Gasteiger partial charge in [-0.3, -0.25) is 0 Å². The number of fused-ring (bicyclic) bond motifs is 1. The van der Waals surface area contributed by atoms with E-state index in [0.29, 0.717) is 12.1 Å². The van der Waals surface area contributed by atoms with E-state index >= 15 is 0 Å². The zero-order valence-corrected chi connectivity index (χ0v) is 9.70. The first kappa shape index (κ1) is 12.6. The second-order valence-electron chi connectivity index (χ2n) is 2.37. The number of carbonyl (C=O) groups excluding carboxylic acids is 1. The number of amides is 2. The molecule has 0 saturated carbocycles. The van der Waals surface area contributed by atoms with Crippen molar-refractivity contribution in [3.05, 3.63) is 0 Å². The minimum Gasteiger partial charge on any atom is -0.332 e. The molecule has 0 aromatic rings. The highest BCUT2D eigenvalue weighted by molar-refractivity contribution is 7.99. The number of urea groups is 1. The van der Waals surface area contributed by atoms with Crippen LogP contribution in [0.15, 0.2) is 0 Å². The molecular formula is C9H20N2OS. The van der Waals surface area contributed by atoms with Crippen molar-refractivity contribution in [2.45, 2.75) is 39.8 Å². The lowest BCUT2D eigenvalue weighted by Gasteiger charge is -2.02. The van der Waals surface area contributed by atoms with Crippen LogP contribution in [0.3, 0.4) is 0 Å². The molecule has 2 heterocycles. The van der Waals surface area contributed by atoms with Crippen molar-refractivity contribution in [3.8, 4) is 0 Å². The second kappa shape index (κ2) is 7.06. The summed E-state index contributed by atoms with van der Waals surface area (Å²) < 4.78 is 0. The Morgan fingerprint density at radius 3 is 1.85 bits per heavy atom. The van der Waals surface area contributed by atoms with Gasteiger partial charge in [-0.15, -0.1) is 0 Å². The standard InChI is InChI=1S/C5H8N2OS.2C2H6/c8-5-6-3-1-9-2-4(3)7-5;2*1-2/h3-4H,1-2H2,(H2,6,7,8);2*1-2H3. The van der Waals surface area contributed by atoms with Crippen molar-refractivity contribution in [1.29, 1.82) is 0 Å². The fourth-order valence-corrected chi connectivity index (χ4v) is 2.49. The van der Waals surface area contributed by atoms with E-state index in [2.05, 4.69) is 10.6 Å². The average Bonchev–Trinajstić information content (AvgIpc) is 2.71. The van der Waals surface area contributed by atoms with Crippen LogP contribution >= 0.6 is 11.8 Å². The molecule has 2 amide bonds. The van der Waals surface area contributed by atoms with E-state index < -0.39 is 0 Å². The van der Waals surface area contributed by atoms with Gasteiger partial charge in [0, 0.05) is 11.5 Å². The maximum atomic E-state index is 10.6. The smallest absolute Gasteiger partial charge is 0.315 e. The molecule has 2 aliphatic rings. The van der Waals surface area contributed by atoms with Crippen molar-refractivity contribution in [3.63, 3.8) is 0 Å². The van der Waals surface area contributed by atoms with Gasteiger partial charge in [0.1, 0.15) is 0 Å². The summed E-state index contributed by atoms with van der Waals surface area (Å²) in [7, 11) is 0. The van der Waals surface area contributed by atoms with Gasteiger partial charge in [0.05, 0.1) is 12.1 Å². The Morgan fingerprint density at radius 2 is 1.46 bits per heavy atom. The van der Waals surface area contributed by atoms with Gasteiger partial charge in [-0.1, -0.05) is 27.7 Å². The van der Waals surface area contributed by atoms with Crippen molar-refractivity contribution < 1.29 is 4.79 Å². The quantitative estimate of drug-likeness (QED) is 0.591. The first-order chi connectivity index (χ1) is 6.36. The van der Waals surface area contributed by atoms with E-state index in [1.807, 2.05) is 39.5 Å². The predicted octanol–water partition coefficient (Wildman–Crippen LogP) is 1.84. The molecule has 2 fully saturated rings. The van der Waals surface area contributed by atoms with Gasteiger partial charge >= 0.3 is 6.03 Å². The predicted molar refractivity (Wildman–Crippen MR) is 59.3 cm³/mol. The van der Waals surface area contributed by atoms with E-state index in [4.69, 9.17) is 0 Å². The molecule has 0 radical (unpaired) electrons. The van der Waals surface area contributed by atoms with Gasteiger partial charge in [-0.05, 0) is 0 Å². The molecule has 0 aromatic heterocycles. The van der Waals surface area contributed by atoms with Crippen molar-refractivity contribution in [2.24, 2.45) is 0 Å². The molecule has 2 atom stereocenters. The van der Waals surface area contributed by atoms with Gasteiger partial charge in [-0.2, -0.15) is 11.8 Å². The molecule has 2 aliphatic heterocycles. The largest absolute Gasteiger partial charge is 0.332 e. The minimum atomic E-state index is 0.00491. The zero-order chi connectivity index (χ0) is 10.3. The van der Waals surface area contributed by atoms with Gasteiger partial charge in [0.25, 0.3) is 0 Å². The first-order valence-electron chi connectivity index (χ1n) is 5.01. The van der Waals surface area contributed by atoms with Crippen LogP contribution in [0.2, 0.25) is 0 Å². The molecule has 0 bridgehead atoms. The Kier molecular flexibility index (Phi) is 6.86. The van der Waals surface area contributed by atoms with Gasteiger partial charge in [-0.25, -0.2) is 4.79 Å². The van der Waals surface area contributed by atoms with Gasteiger partial charge in [0.2, 0.25) is 0 Å². The van der Waals surface area contributed by atoms with Crippen LogP contribution in [0.5, 0.6) is 0 Å². The number of thioether (sulfide) groups is 1. The summed E-state index contributed by atoms with van der Waals surface area (Å²) in [4.78, 5) is 10.6. The second-order valence-corrected chi connectivity index (χ2v) is 3.44. The molecule has 2 N–H and O–H groups in total. The van der Waals surface area contributed by atoms with Crippen LogP contribution in [0.25, 0.3) is 0 Å². The number of hydrogen-bond acceptors (Lipinski definition) is 2. The molecule has 2 unspecified atom stereocenters. The fourth-order valence-electron chi connectivity index (χ4n) is 1.22. The Labute approximate surface area is 85.0 Å². The lowest BCUT2D eigenvalue weighted by atomic mass is 10.2. The molecule has 2 rings (SSSR count). The number of carbonyl (C=O) groups is 1. The first-order valence-corrected chi connectivity index (χ1v) is 6.16. The SMILES string of the molecule is CC.CC.O=C1NC2CSCC2N1. The normalized spacial score (nSPS) is 28.5. The fraction of sp³-hybridized carbons (Fsp3) is 0.889. The molecular weight excluding hydrogens is 184 g/mol. The maximum absolute atomic E-state index is 10.6. The van der Waals surface area contributed by atoms with Gasteiger partial charge in [0.15, 0.2) is 0 Å². The van der Waals surface area contributed by atoms with E-state index in [1.54, 1.807) is 0 Å². The van der Waals surface area contributed by atoms with E-state index in [-0.39, 0.29) is 6.03 Å². The Hall–Kier alpha value is -0.380. The third-order valence-corrected chi connectivity index (χ3v) is 2.90. The molecule has 3 nitrogen and oxygen atoms in total.